The lowest BCUT2D eigenvalue weighted by Gasteiger charge is -2.39. The Hall–Kier alpha value is -1.53. The van der Waals surface area contributed by atoms with Gasteiger partial charge in [0, 0.05) is 18.6 Å². The summed E-state index contributed by atoms with van der Waals surface area (Å²) in [5.41, 5.74) is -0.274. The first-order valence-corrected chi connectivity index (χ1v) is 7.09. The first kappa shape index (κ1) is 15.9. The fourth-order valence-electron chi connectivity index (χ4n) is 2.45. The highest BCUT2D eigenvalue weighted by molar-refractivity contribution is 5.92. The normalized spacial score (nSPS) is 18.5. The average molecular weight is 297 g/mol. The van der Waals surface area contributed by atoms with Crippen LogP contribution in [0.1, 0.15) is 19.8 Å². The summed E-state index contributed by atoms with van der Waals surface area (Å²) in [6.07, 6.45) is 1.87. The molecule has 0 bridgehead atoms. The van der Waals surface area contributed by atoms with Crippen LogP contribution in [-0.4, -0.2) is 43.0 Å². The van der Waals surface area contributed by atoms with Crippen molar-refractivity contribution in [2.24, 2.45) is 0 Å². The van der Waals surface area contributed by atoms with Crippen molar-refractivity contribution in [2.45, 2.75) is 25.3 Å². The van der Waals surface area contributed by atoms with Crippen molar-refractivity contribution in [1.29, 1.82) is 0 Å². The minimum absolute atomic E-state index is 0.102. The number of carbonyl (C=O) groups is 1. The minimum atomic E-state index is -0.759. The Kier molecular flexibility index (Phi) is 4.90. The first-order valence-electron chi connectivity index (χ1n) is 7.09. The monoisotopic (exact) mass is 297 g/mol. The number of nitrogens with one attached hydrogen (secondary N) is 2. The number of nitrogens with zero attached hydrogens (tertiary/aromatic N) is 1. The highest BCUT2D eigenvalue weighted by atomic mass is 19.1. The molecule has 4 nitrogen and oxygen atoms in total. The van der Waals surface area contributed by atoms with Crippen molar-refractivity contribution in [2.75, 3.05) is 32.0 Å². The van der Waals surface area contributed by atoms with Crippen molar-refractivity contribution in [3.63, 3.8) is 0 Å². The number of likely N-dealkylation sites (tertiary alicyclic amines) is 1. The minimum Gasteiger partial charge on any atom is -0.320 e. The SMILES string of the molecule is CNC1(C)CCN(CC(=O)Nc2c(F)cccc2F)CC1. The Labute approximate surface area is 123 Å². The molecule has 1 saturated heterocycles. The molecule has 1 aromatic rings. The number of hydrogen-bond acceptors (Lipinski definition) is 3. The van der Waals surface area contributed by atoms with E-state index in [-0.39, 0.29) is 17.8 Å². The second-order valence-corrected chi connectivity index (χ2v) is 5.73. The molecule has 1 aliphatic rings. The molecule has 1 fully saturated rings. The number of halogens is 2. The zero-order chi connectivity index (χ0) is 15.5. The summed E-state index contributed by atoms with van der Waals surface area (Å²) in [5.74, 6) is -1.92. The Morgan fingerprint density at radius 3 is 2.38 bits per heavy atom. The number of amides is 1. The van der Waals surface area contributed by atoms with Gasteiger partial charge in [0.05, 0.1) is 6.54 Å². The molecule has 0 aromatic heterocycles. The van der Waals surface area contributed by atoms with Crippen LogP contribution in [0.3, 0.4) is 0 Å². The smallest absolute Gasteiger partial charge is 0.238 e. The van der Waals surface area contributed by atoms with Crippen molar-refractivity contribution >= 4 is 11.6 Å². The number of hydrogen-bond donors (Lipinski definition) is 2. The molecule has 0 atom stereocenters. The Bertz CT molecular complexity index is 493. The summed E-state index contributed by atoms with van der Waals surface area (Å²) < 4.78 is 26.9. The lowest BCUT2D eigenvalue weighted by molar-refractivity contribution is -0.117. The third-order valence-electron chi connectivity index (χ3n) is 4.16. The third-order valence-corrected chi connectivity index (χ3v) is 4.16. The second-order valence-electron chi connectivity index (χ2n) is 5.73. The average Bonchev–Trinajstić information content (AvgIpc) is 2.46. The van der Waals surface area contributed by atoms with Crippen LogP contribution in [-0.2, 0) is 4.79 Å². The van der Waals surface area contributed by atoms with Crippen LogP contribution in [0.4, 0.5) is 14.5 Å². The van der Waals surface area contributed by atoms with Crippen molar-refractivity contribution < 1.29 is 13.6 Å². The van der Waals surface area contributed by atoms with Crippen LogP contribution in [0.5, 0.6) is 0 Å². The molecule has 2 N–H and O–H groups in total. The van der Waals surface area contributed by atoms with Crippen molar-refractivity contribution in [3.8, 4) is 0 Å². The second kappa shape index (κ2) is 6.49. The van der Waals surface area contributed by atoms with E-state index in [9.17, 15) is 13.6 Å². The van der Waals surface area contributed by atoms with Gasteiger partial charge < -0.3 is 10.6 Å². The molecule has 0 radical (unpaired) electrons. The molecular weight excluding hydrogens is 276 g/mol. The van der Waals surface area contributed by atoms with Gasteiger partial charge in [-0.05, 0) is 38.9 Å². The number of para-hydroxylation sites is 1. The Morgan fingerprint density at radius 2 is 1.86 bits per heavy atom. The fraction of sp³-hybridized carbons (Fsp3) is 0.533. The molecule has 6 heteroatoms. The van der Waals surface area contributed by atoms with Gasteiger partial charge in [0.15, 0.2) is 0 Å². The highest BCUT2D eigenvalue weighted by Gasteiger charge is 2.29. The summed E-state index contributed by atoms with van der Waals surface area (Å²) in [4.78, 5) is 13.9. The molecule has 1 heterocycles. The van der Waals surface area contributed by atoms with Gasteiger partial charge in [-0.3, -0.25) is 9.69 Å². The molecule has 0 saturated carbocycles. The largest absolute Gasteiger partial charge is 0.320 e. The molecule has 2 rings (SSSR count). The predicted octanol–water partition coefficient (Wildman–Crippen LogP) is 1.98. The zero-order valence-corrected chi connectivity index (χ0v) is 12.4. The molecule has 21 heavy (non-hydrogen) atoms. The number of benzene rings is 1. The maximum atomic E-state index is 13.5. The van der Waals surface area contributed by atoms with E-state index in [2.05, 4.69) is 17.6 Å². The quantitative estimate of drug-likeness (QED) is 0.893. The van der Waals surface area contributed by atoms with Crippen LogP contribution in [0, 0.1) is 11.6 Å². The van der Waals surface area contributed by atoms with Gasteiger partial charge in [0.2, 0.25) is 5.91 Å². The van der Waals surface area contributed by atoms with Crippen molar-refractivity contribution in [1.82, 2.24) is 10.2 Å². The van der Waals surface area contributed by atoms with E-state index in [0.29, 0.717) is 0 Å². The molecule has 1 amide bonds. The van der Waals surface area contributed by atoms with Crippen LogP contribution < -0.4 is 10.6 Å². The highest BCUT2D eigenvalue weighted by Crippen LogP contribution is 2.21. The van der Waals surface area contributed by atoms with E-state index in [0.717, 1.165) is 38.1 Å². The predicted molar refractivity (Wildman–Crippen MR) is 78.1 cm³/mol. The van der Waals surface area contributed by atoms with Crippen LogP contribution >= 0.6 is 0 Å². The van der Waals surface area contributed by atoms with E-state index in [1.165, 1.54) is 6.07 Å². The molecular formula is C15H21F2N3O. The molecule has 116 valence electrons. The van der Waals surface area contributed by atoms with Gasteiger partial charge in [0.1, 0.15) is 17.3 Å². The van der Waals surface area contributed by atoms with Gasteiger partial charge >= 0.3 is 0 Å². The summed E-state index contributed by atoms with van der Waals surface area (Å²) >= 11 is 0. The molecule has 0 spiro atoms. The summed E-state index contributed by atoms with van der Waals surface area (Å²) in [6, 6.07) is 3.51. The molecule has 1 aliphatic heterocycles. The Balaban J connectivity index is 1.89. The van der Waals surface area contributed by atoms with Gasteiger partial charge in [-0.25, -0.2) is 8.78 Å². The lowest BCUT2D eigenvalue weighted by atomic mass is 9.90. The summed E-state index contributed by atoms with van der Waals surface area (Å²) in [7, 11) is 1.93. The third kappa shape index (κ3) is 3.98. The van der Waals surface area contributed by atoms with Crippen LogP contribution in [0.2, 0.25) is 0 Å². The lowest BCUT2D eigenvalue weighted by Crippen LogP contribution is -2.51. The summed E-state index contributed by atoms with van der Waals surface area (Å²) in [5, 5.41) is 5.60. The van der Waals surface area contributed by atoms with Gasteiger partial charge in [0.25, 0.3) is 0 Å². The topological polar surface area (TPSA) is 44.4 Å². The van der Waals surface area contributed by atoms with Gasteiger partial charge in [-0.2, -0.15) is 0 Å². The zero-order valence-electron chi connectivity index (χ0n) is 12.4. The van der Waals surface area contributed by atoms with Crippen LogP contribution in [0.15, 0.2) is 18.2 Å². The van der Waals surface area contributed by atoms with E-state index < -0.39 is 17.5 Å². The number of piperidine rings is 1. The molecule has 0 unspecified atom stereocenters. The number of rotatable bonds is 4. The molecule has 1 aromatic carbocycles. The van der Waals surface area contributed by atoms with E-state index in [1.807, 2.05) is 11.9 Å². The maximum Gasteiger partial charge on any atom is 0.238 e. The van der Waals surface area contributed by atoms with Crippen LogP contribution in [0.25, 0.3) is 0 Å². The number of anilines is 1. The van der Waals surface area contributed by atoms with Gasteiger partial charge in [-0.1, -0.05) is 6.07 Å². The molecule has 0 aliphatic carbocycles. The van der Waals surface area contributed by atoms with Gasteiger partial charge in [-0.15, -0.1) is 0 Å². The van der Waals surface area contributed by atoms with E-state index in [1.54, 1.807) is 0 Å². The standard InChI is InChI=1S/C15H21F2N3O/c1-15(18-2)6-8-20(9-7-15)10-13(21)19-14-11(16)4-3-5-12(14)17/h3-5,18H,6-10H2,1-2H3,(H,19,21). The Morgan fingerprint density at radius 1 is 1.29 bits per heavy atom. The fourth-order valence-corrected chi connectivity index (χ4v) is 2.45. The number of carbonyl (C=O) groups excluding carboxylic acids is 1. The van der Waals surface area contributed by atoms with E-state index in [4.69, 9.17) is 0 Å². The van der Waals surface area contributed by atoms with Crippen molar-refractivity contribution in [3.05, 3.63) is 29.8 Å². The maximum absolute atomic E-state index is 13.5. The first-order chi connectivity index (χ1) is 9.93. The summed E-state index contributed by atoms with van der Waals surface area (Å²) in [6.45, 7) is 3.86. The van der Waals surface area contributed by atoms with E-state index >= 15 is 0 Å².